The number of hydrogen-bond donors (Lipinski definition) is 2. The van der Waals surface area contributed by atoms with Crippen LogP contribution in [-0.2, 0) is 9.59 Å². The second-order valence-electron chi connectivity index (χ2n) is 5.53. The molecule has 102 valence electrons. The molecule has 0 bridgehead atoms. The summed E-state index contributed by atoms with van der Waals surface area (Å²) in [6, 6.07) is 0. The zero-order chi connectivity index (χ0) is 13.3. The molecule has 0 radical (unpaired) electrons. The van der Waals surface area contributed by atoms with E-state index in [9.17, 15) is 14.7 Å². The van der Waals surface area contributed by atoms with Crippen LogP contribution in [0.1, 0.15) is 39.0 Å². The number of aliphatic carboxylic acids is 1. The molecule has 0 aromatic heterocycles. The summed E-state index contributed by atoms with van der Waals surface area (Å²) in [5.41, 5.74) is -0.636. The van der Waals surface area contributed by atoms with Crippen molar-refractivity contribution in [2.45, 2.75) is 44.6 Å². The molecule has 2 rings (SSSR count). The van der Waals surface area contributed by atoms with Crippen LogP contribution in [0.3, 0.4) is 0 Å². The second-order valence-corrected chi connectivity index (χ2v) is 5.53. The summed E-state index contributed by atoms with van der Waals surface area (Å²) in [5.74, 6) is -1.73. The summed E-state index contributed by atoms with van der Waals surface area (Å²) < 4.78 is 0. The van der Waals surface area contributed by atoms with Crippen LogP contribution >= 0.6 is 0 Å². The summed E-state index contributed by atoms with van der Waals surface area (Å²) >= 11 is 0. The summed E-state index contributed by atoms with van der Waals surface area (Å²) in [6.07, 6.45) is 3.19. The number of likely N-dealkylation sites (tertiary alicyclic amines) is 1. The van der Waals surface area contributed by atoms with Crippen molar-refractivity contribution in [2.24, 2.45) is 11.8 Å². The van der Waals surface area contributed by atoms with E-state index in [0.717, 1.165) is 0 Å². The number of hydrogen-bond acceptors (Lipinski definition) is 3. The topological polar surface area (TPSA) is 77.8 Å². The van der Waals surface area contributed by atoms with Gasteiger partial charge >= 0.3 is 5.97 Å². The Bertz CT molecular complexity index is 347. The SMILES string of the molecule is CCC1(O)CCN(C(=O)C2CCC2C(=O)O)CC1. The van der Waals surface area contributed by atoms with Gasteiger partial charge < -0.3 is 15.1 Å². The van der Waals surface area contributed by atoms with Crippen LogP contribution in [0.2, 0.25) is 0 Å². The number of carbonyl (C=O) groups excluding carboxylic acids is 1. The van der Waals surface area contributed by atoms with Crippen LogP contribution in [0.4, 0.5) is 0 Å². The van der Waals surface area contributed by atoms with Gasteiger partial charge in [-0.1, -0.05) is 6.92 Å². The van der Waals surface area contributed by atoms with Gasteiger partial charge in [0.05, 0.1) is 17.4 Å². The van der Waals surface area contributed by atoms with Crippen LogP contribution in [0.15, 0.2) is 0 Å². The van der Waals surface area contributed by atoms with Gasteiger partial charge in [0.25, 0.3) is 0 Å². The number of amides is 1. The first-order valence-electron chi connectivity index (χ1n) is 6.71. The molecule has 1 heterocycles. The predicted molar refractivity (Wildman–Crippen MR) is 64.9 cm³/mol. The van der Waals surface area contributed by atoms with Gasteiger partial charge in [0.2, 0.25) is 5.91 Å². The van der Waals surface area contributed by atoms with Crippen LogP contribution in [-0.4, -0.2) is 45.7 Å². The van der Waals surface area contributed by atoms with Crippen LogP contribution < -0.4 is 0 Å². The van der Waals surface area contributed by atoms with Crippen LogP contribution in [0, 0.1) is 11.8 Å². The molecule has 1 aliphatic heterocycles. The number of carboxylic acid groups (broad SMARTS) is 1. The maximum atomic E-state index is 12.2. The van der Waals surface area contributed by atoms with E-state index >= 15 is 0 Å². The number of piperidine rings is 1. The van der Waals surface area contributed by atoms with Crippen LogP contribution in [0.25, 0.3) is 0 Å². The largest absolute Gasteiger partial charge is 0.481 e. The standard InChI is InChI=1S/C13H21NO4/c1-2-13(18)5-7-14(8-6-13)11(15)9-3-4-10(9)12(16)17/h9-10,18H,2-8H2,1H3,(H,16,17). The number of carboxylic acids is 1. The highest BCUT2D eigenvalue weighted by Gasteiger charge is 2.44. The third kappa shape index (κ3) is 2.36. The van der Waals surface area contributed by atoms with E-state index in [2.05, 4.69) is 0 Å². The Morgan fingerprint density at radius 3 is 2.17 bits per heavy atom. The Morgan fingerprint density at radius 2 is 1.78 bits per heavy atom. The van der Waals surface area contributed by atoms with Crippen molar-refractivity contribution in [3.8, 4) is 0 Å². The molecule has 18 heavy (non-hydrogen) atoms. The first-order chi connectivity index (χ1) is 8.47. The van der Waals surface area contributed by atoms with E-state index in [-0.39, 0.29) is 11.8 Å². The second kappa shape index (κ2) is 4.88. The Kier molecular flexibility index (Phi) is 3.61. The lowest BCUT2D eigenvalue weighted by Gasteiger charge is -2.41. The van der Waals surface area contributed by atoms with Gasteiger partial charge in [-0.3, -0.25) is 9.59 Å². The van der Waals surface area contributed by atoms with E-state index in [4.69, 9.17) is 5.11 Å². The molecular weight excluding hydrogens is 234 g/mol. The van der Waals surface area contributed by atoms with Crippen molar-refractivity contribution < 1.29 is 19.8 Å². The summed E-state index contributed by atoms with van der Waals surface area (Å²) in [6.45, 7) is 3.04. The molecule has 2 fully saturated rings. The third-order valence-electron chi connectivity index (χ3n) is 4.57. The number of aliphatic hydroxyl groups is 1. The monoisotopic (exact) mass is 255 g/mol. The minimum absolute atomic E-state index is 0.0354. The van der Waals surface area contributed by atoms with Crippen molar-refractivity contribution in [3.05, 3.63) is 0 Å². The molecule has 1 amide bonds. The lowest BCUT2D eigenvalue weighted by molar-refractivity contribution is -0.158. The van der Waals surface area contributed by atoms with Gasteiger partial charge in [0.15, 0.2) is 0 Å². The van der Waals surface area contributed by atoms with Crippen molar-refractivity contribution in [3.63, 3.8) is 0 Å². The lowest BCUT2D eigenvalue weighted by atomic mass is 9.72. The molecule has 2 unspecified atom stereocenters. The molecule has 2 aliphatic rings. The molecule has 2 N–H and O–H groups in total. The first kappa shape index (κ1) is 13.3. The van der Waals surface area contributed by atoms with Crippen LogP contribution in [0.5, 0.6) is 0 Å². The number of carbonyl (C=O) groups is 2. The maximum absolute atomic E-state index is 12.2. The average Bonchev–Trinajstić information content (AvgIpc) is 2.27. The van der Waals surface area contributed by atoms with Gasteiger partial charge in [0, 0.05) is 13.1 Å². The Morgan fingerprint density at radius 1 is 1.22 bits per heavy atom. The van der Waals surface area contributed by atoms with E-state index in [1.54, 1.807) is 4.90 Å². The quantitative estimate of drug-likeness (QED) is 0.784. The van der Waals surface area contributed by atoms with Gasteiger partial charge in [-0.25, -0.2) is 0 Å². The van der Waals surface area contributed by atoms with E-state index in [0.29, 0.717) is 45.2 Å². The number of rotatable bonds is 3. The zero-order valence-electron chi connectivity index (χ0n) is 10.8. The highest BCUT2D eigenvalue weighted by atomic mass is 16.4. The minimum atomic E-state index is -0.860. The molecule has 1 saturated heterocycles. The molecular formula is C13H21NO4. The predicted octanol–water partition coefficient (Wildman–Crippen LogP) is 0.861. The fourth-order valence-corrected chi connectivity index (χ4v) is 2.82. The van der Waals surface area contributed by atoms with Crippen molar-refractivity contribution in [1.82, 2.24) is 4.90 Å². The molecule has 5 nitrogen and oxygen atoms in total. The van der Waals surface area contributed by atoms with Gasteiger partial charge in [-0.2, -0.15) is 0 Å². The number of nitrogens with zero attached hydrogens (tertiary/aromatic N) is 1. The third-order valence-corrected chi connectivity index (χ3v) is 4.57. The fraction of sp³-hybridized carbons (Fsp3) is 0.846. The van der Waals surface area contributed by atoms with Gasteiger partial charge in [0.1, 0.15) is 0 Å². The normalized spacial score (nSPS) is 30.7. The molecule has 0 aromatic carbocycles. The van der Waals surface area contributed by atoms with Crippen molar-refractivity contribution >= 4 is 11.9 Å². The molecule has 1 saturated carbocycles. The molecule has 2 atom stereocenters. The minimum Gasteiger partial charge on any atom is -0.481 e. The van der Waals surface area contributed by atoms with Crippen molar-refractivity contribution in [2.75, 3.05) is 13.1 Å². The molecule has 0 aromatic rings. The highest BCUT2D eigenvalue weighted by Crippen LogP contribution is 2.37. The van der Waals surface area contributed by atoms with Crippen molar-refractivity contribution in [1.29, 1.82) is 0 Å². The Balaban J connectivity index is 1.90. The summed E-state index contributed by atoms with van der Waals surface area (Å²) in [5, 5.41) is 19.1. The fourth-order valence-electron chi connectivity index (χ4n) is 2.82. The maximum Gasteiger partial charge on any atom is 0.307 e. The van der Waals surface area contributed by atoms with E-state index in [1.165, 1.54) is 0 Å². The smallest absolute Gasteiger partial charge is 0.307 e. The zero-order valence-corrected chi connectivity index (χ0v) is 10.8. The van der Waals surface area contributed by atoms with Gasteiger partial charge in [-0.05, 0) is 32.1 Å². The summed E-state index contributed by atoms with van der Waals surface area (Å²) in [7, 11) is 0. The molecule has 1 aliphatic carbocycles. The Hall–Kier alpha value is -1.10. The summed E-state index contributed by atoms with van der Waals surface area (Å²) in [4.78, 5) is 24.8. The lowest BCUT2D eigenvalue weighted by Crippen LogP contribution is -2.51. The first-order valence-corrected chi connectivity index (χ1v) is 6.71. The average molecular weight is 255 g/mol. The molecule has 5 heteroatoms. The highest BCUT2D eigenvalue weighted by molar-refractivity contribution is 5.86. The van der Waals surface area contributed by atoms with E-state index < -0.39 is 17.5 Å². The Labute approximate surface area is 107 Å². The van der Waals surface area contributed by atoms with Gasteiger partial charge in [-0.15, -0.1) is 0 Å². The molecule has 0 spiro atoms. The van der Waals surface area contributed by atoms with E-state index in [1.807, 2.05) is 6.92 Å².